The monoisotopic (exact) mass is 302 g/mol. The second-order valence-corrected chi connectivity index (χ2v) is 5.55. The van der Waals surface area contributed by atoms with Crippen molar-refractivity contribution in [3.63, 3.8) is 0 Å². The van der Waals surface area contributed by atoms with Gasteiger partial charge in [0, 0.05) is 4.88 Å². The molecule has 0 amide bonds. The third-order valence-electron chi connectivity index (χ3n) is 1.97. The summed E-state index contributed by atoms with van der Waals surface area (Å²) in [7, 11) is 0. The highest BCUT2D eigenvalue weighted by Crippen LogP contribution is 2.31. The van der Waals surface area contributed by atoms with E-state index in [1.54, 1.807) is 6.07 Å². The van der Waals surface area contributed by atoms with Crippen LogP contribution in [-0.2, 0) is 0 Å². The summed E-state index contributed by atoms with van der Waals surface area (Å²) >= 11 is 4.65. The summed E-state index contributed by atoms with van der Waals surface area (Å²) in [5, 5.41) is 18.6. The maximum atomic E-state index is 10.6. The Balaban J connectivity index is 2.26. The Morgan fingerprint density at radius 3 is 2.62 bits per heavy atom. The fraction of sp³-hybridized carbons (Fsp3) is 0.100. The van der Waals surface area contributed by atoms with Crippen LogP contribution in [0.15, 0.2) is 32.5 Å². The molecule has 2 heterocycles. The zero-order valence-electron chi connectivity index (χ0n) is 7.88. The second kappa shape index (κ2) is 4.40. The molecule has 0 bridgehead atoms. The first kappa shape index (κ1) is 11.4. The Hall–Kier alpha value is -1.11. The topological polar surface area (TPSA) is 70.7 Å². The van der Waals surface area contributed by atoms with Gasteiger partial charge in [0.25, 0.3) is 0 Å². The maximum absolute atomic E-state index is 10.6. The van der Waals surface area contributed by atoms with Gasteiger partial charge >= 0.3 is 5.97 Å². The van der Waals surface area contributed by atoms with Crippen molar-refractivity contribution >= 4 is 33.2 Å². The number of aliphatic hydroxyl groups is 1. The standard InChI is InChI=1S/C10H7BrO4S/c11-8-4-3-7(16-8)9(12)5-1-2-6(15-5)10(13)14/h1-4,9,12H,(H,13,14). The van der Waals surface area contributed by atoms with Crippen LogP contribution in [0.2, 0.25) is 0 Å². The van der Waals surface area contributed by atoms with Crippen molar-refractivity contribution < 1.29 is 19.4 Å². The molecule has 2 aromatic heterocycles. The number of carboxylic acids is 1. The zero-order valence-corrected chi connectivity index (χ0v) is 10.3. The molecular formula is C10H7BrO4S. The van der Waals surface area contributed by atoms with Gasteiger partial charge in [-0.1, -0.05) is 0 Å². The predicted octanol–water partition coefficient (Wildman–Crippen LogP) is 2.88. The SMILES string of the molecule is O=C(O)c1ccc(C(O)c2ccc(Br)s2)o1. The van der Waals surface area contributed by atoms with Crippen LogP contribution in [0, 0.1) is 0 Å². The van der Waals surface area contributed by atoms with Crippen LogP contribution < -0.4 is 0 Å². The van der Waals surface area contributed by atoms with E-state index < -0.39 is 12.1 Å². The molecule has 16 heavy (non-hydrogen) atoms. The van der Waals surface area contributed by atoms with Gasteiger partial charge in [-0.15, -0.1) is 11.3 Å². The lowest BCUT2D eigenvalue weighted by molar-refractivity contribution is 0.0655. The molecule has 2 N–H and O–H groups in total. The van der Waals surface area contributed by atoms with Gasteiger partial charge in [-0.05, 0) is 40.2 Å². The lowest BCUT2D eigenvalue weighted by atomic mass is 10.2. The van der Waals surface area contributed by atoms with E-state index >= 15 is 0 Å². The Morgan fingerprint density at radius 1 is 1.38 bits per heavy atom. The first-order valence-corrected chi connectivity index (χ1v) is 5.95. The molecule has 2 rings (SSSR count). The van der Waals surface area contributed by atoms with Gasteiger partial charge in [0.05, 0.1) is 3.79 Å². The van der Waals surface area contributed by atoms with Crippen molar-refractivity contribution in [2.75, 3.05) is 0 Å². The van der Waals surface area contributed by atoms with Gasteiger partial charge in [-0.3, -0.25) is 0 Å². The van der Waals surface area contributed by atoms with Crippen LogP contribution in [0.4, 0.5) is 0 Å². The molecule has 0 saturated heterocycles. The molecule has 4 nitrogen and oxygen atoms in total. The lowest BCUT2D eigenvalue weighted by Crippen LogP contribution is -1.96. The second-order valence-electron chi connectivity index (χ2n) is 3.05. The first-order valence-electron chi connectivity index (χ1n) is 4.34. The summed E-state index contributed by atoms with van der Waals surface area (Å²) in [5.74, 6) is -1.10. The predicted molar refractivity (Wildman–Crippen MR) is 61.7 cm³/mol. The van der Waals surface area contributed by atoms with E-state index in [9.17, 15) is 9.90 Å². The Labute approximate surface area is 103 Å². The fourth-order valence-corrected chi connectivity index (χ4v) is 2.65. The third kappa shape index (κ3) is 2.18. The maximum Gasteiger partial charge on any atom is 0.371 e. The molecule has 6 heteroatoms. The van der Waals surface area contributed by atoms with Gasteiger partial charge in [-0.25, -0.2) is 4.79 Å². The van der Waals surface area contributed by atoms with Crippen LogP contribution in [0.1, 0.15) is 27.3 Å². The highest BCUT2D eigenvalue weighted by molar-refractivity contribution is 9.11. The van der Waals surface area contributed by atoms with Gasteiger partial charge in [0.15, 0.2) is 0 Å². The van der Waals surface area contributed by atoms with Crippen LogP contribution in [0.25, 0.3) is 0 Å². The molecule has 1 atom stereocenters. The van der Waals surface area contributed by atoms with Crippen molar-refractivity contribution in [2.24, 2.45) is 0 Å². The van der Waals surface area contributed by atoms with Crippen molar-refractivity contribution in [2.45, 2.75) is 6.10 Å². The minimum absolute atomic E-state index is 0.176. The van der Waals surface area contributed by atoms with Gasteiger partial charge in [0.2, 0.25) is 5.76 Å². The number of halogens is 1. The number of aliphatic hydroxyl groups excluding tert-OH is 1. The van der Waals surface area contributed by atoms with Crippen LogP contribution >= 0.6 is 27.3 Å². The van der Waals surface area contributed by atoms with E-state index in [0.717, 1.165) is 3.79 Å². The third-order valence-corrected chi connectivity index (χ3v) is 3.65. The number of hydrogen-bond donors (Lipinski definition) is 2. The van der Waals surface area contributed by atoms with E-state index in [4.69, 9.17) is 9.52 Å². The van der Waals surface area contributed by atoms with E-state index in [2.05, 4.69) is 15.9 Å². The van der Waals surface area contributed by atoms with E-state index in [0.29, 0.717) is 4.88 Å². The summed E-state index contributed by atoms with van der Waals surface area (Å²) < 4.78 is 5.91. The normalized spacial score (nSPS) is 12.6. The van der Waals surface area contributed by atoms with Crippen LogP contribution in [-0.4, -0.2) is 16.2 Å². The molecule has 2 aromatic rings. The van der Waals surface area contributed by atoms with Crippen LogP contribution in [0.3, 0.4) is 0 Å². The van der Waals surface area contributed by atoms with Gasteiger partial charge in [-0.2, -0.15) is 0 Å². The molecule has 0 aliphatic heterocycles. The number of hydrogen-bond acceptors (Lipinski definition) is 4. The minimum Gasteiger partial charge on any atom is -0.475 e. The Kier molecular flexibility index (Phi) is 3.13. The average molecular weight is 303 g/mol. The van der Waals surface area contributed by atoms with Gasteiger partial charge < -0.3 is 14.6 Å². The summed E-state index contributed by atoms with van der Waals surface area (Å²) in [5.41, 5.74) is 0. The molecule has 0 aliphatic carbocycles. The fourth-order valence-electron chi connectivity index (χ4n) is 1.23. The molecule has 0 aromatic carbocycles. The van der Waals surface area contributed by atoms with Crippen LogP contribution in [0.5, 0.6) is 0 Å². The molecule has 0 fully saturated rings. The summed E-state index contributed by atoms with van der Waals surface area (Å²) in [6.07, 6.45) is -0.926. The molecule has 0 aliphatic rings. The van der Waals surface area contributed by atoms with Gasteiger partial charge in [0.1, 0.15) is 11.9 Å². The molecular weight excluding hydrogens is 296 g/mol. The number of furan rings is 1. The highest BCUT2D eigenvalue weighted by atomic mass is 79.9. The number of thiophene rings is 1. The Morgan fingerprint density at radius 2 is 2.12 bits per heavy atom. The molecule has 1 unspecified atom stereocenters. The van der Waals surface area contributed by atoms with E-state index in [1.807, 2.05) is 6.07 Å². The molecule has 84 valence electrons. The molecule has 0 saturated carbocycles. The number of carbonyl (C=O) groups is 1. The van der Waals surface area contributed by atoms with Crippen molar-refractivity contribution in [1.82, 2.24) is 0 Å². The van der Waals surface area contributed by atoms with E-state index in [1.165, 1.54) is 23.5 Å². The molecule has 0 spiro atoms. The quantitative estimate of drug-likeness (QED) is 0.914. The minimum atomic E-state index is -1.15. The van der Waals surface area contributed by atoms with Crippen molar-refractivity contribution in [3.05, 3.63) is 44.4 Å². The number of carboxylic acid groups (broad SMARTS) is 1. The van der Waals surface area contributed by atoms with Crippen molar-refractivity contribution in [1.29, 1.82) is 0 Å². The van der Waals surface area contributed by atoms with E-state index in [-0.39, 0.29) is 11.5 Å². The highest BCUT2D eigenvalue weighted by Gasteiger charge is 2.18. The molecule has 0 radical (unpaired) electrons. The summed E-state index contributed by atoms with van der Waals surface area (Å²) in [6, 6.07) is 6.35. The average Bonchev–Trinajstić information content (AvgIpc) is 2.84. The first-order chi connectivity index (χ1) is 7.58. The summed E-state index contributed by atoms with van der Waals surface area (Å²) in [6.45, 7) is 0. The summed E-state index contributed by atoms with van der Waals surface area (Å²) in [4.78, 5) is 11.3. The Bertz CT molecular complexity index is 516. The zero-order chi connectivity index (χ0) is 11.7. The number of rotatable bonds is 3. The van der Waals surface area contributed by atoms with Crippen molar-refractivity contribution in [3.8, 4) is 0 Å². The largest absolute Gasteiger partial charge is 0.475 e. The lowest BCUT2D eigenvalue weighted by Gasteiger charge is -2.03. The number of aromatic carboxylic acids is 1. The smallest absolute Gasteiger partial charge is 0.371 e.